The van der Waals surface area contributed by atoms with Crippen molar-refractivity contribution in [2.75, 3.05) is 26.9 Å². The highest BCUT2D eigenvalue weighted by Gasteiger charge is 2.12. The summed E-state index contributed by atoms with van der Waals surface area (Å²) >= 11 is 0. The van der Waals surface area contributed by atoms with Gasteiger partial charge in [-0.1, -0.05) is 38.1 Å². The van der Waals surface area contributed by atoms with E-state index in [9.17, 15) is 14.9 Å². The van der Waals surface area contributed by atoms with E-state index >= 15 is 0 Å². The number of nitrogens with zero attached hydrogens (tertiary/aromatic N) is 1. The van der Waals surface area contributed by atoms with E-state index in [4.69, 9.17) is 14.2 Å². The second-order valence-corrected chi connectivity index (χ2v) is 7.45. The Labute approximate surface area is 188 Å². The van der Waals surface area contributed by atoms with Crippen molar-refractivity contribution < 1.29 is 23.8 Å². The summed E-state index contributed by atoms with van der Waals surface area (Å²) in [6.07, 6.45) is 1.46. The van der Waals surface area contributed by atoms with E-state index in [-0.39, 0.29) is 18.1 Å². The van der Waals surface area contributed by atoms with Crippen LogP contribution in [0.2, 0.25) is 0 Å². The molecule has 168 valence electrons. The maximum atomic E-state index is 12.2. The summed E-state index contributed by atoms with van der Waals surface area (Å²) < 4.78 is 15.9. The van der Waals surface area contributed by atoms with Gasteiger partial charge in [-0.2, -0.15) is 5.26 Å². The molecule has 1 amide bonds. The maximum Gasteiger partial charge on any atom is 0.349 e. The third kappa shape index (κ3) is 7.56. The number of methoxy groups -OCH3 is 1. The first-order valence-corrected chi connectivity index (χ1v) is 10.3. The number of hydrogen-bond acceptors (Lipinski definition) is 6. The summed E-state index contributed by atoms with van der Waals surface area (Å²) in [6, 6.07) is 14.3. The van der Waals surface area contributed by atoms with Gasteiger partial charge in [0.15, 0.2) is 6.61 Å². The van der Waals surface area contributed by atoms with Crippen LogP contribution >= 0.6 is 0 Å². The van der Waals surface area contributed by atoms with Gasteiger partial charge in [0.1, 0.15) is 23.1 Å². The van der Waals surface area contributed by atoms with Crippen LogP contribution in [0.3, 0.4) is 0 Å². The minimum Gasteiger partial charge on any atom is -0.482 e. The van der Waals surface area contributed by atoms with Crippen molar-refractivity contribution >= 4 is 18.0 Å². The molecule has 2 rings (SSSR count). The van der Waals surface area contributed by atoms with E-state index in [1.807, 2.05) is 31.2 Å². The molecule has 2 aromatic carbocycles. The number of amides is 1. The van der Waals surface area contributed by atoms with Crippen molar-refractivity contribution in [2.45, 2.75) is 26.7 Å². The number of aryl methyl sites for hydroxylation is 1. The summed E-state index contributed by atoms with van der Waals surface area (Å²) in [5, 5.41) is 11.8. The number of nitriles is 1. The smallest absolute Gasteiger partial charge is 0.349 e. The van der Waals surface area contributed by atoms with Crippen LogP contribution < -0.4 is 14.8 Å². The van der Waals surface area contributed by atoms with Crippen molar-refractivity contribution in [3.8, 4) is 17.6 Å². The van der Waals surface area contributed by atoms with Gasteiger partial charge in [-0.3, -0.25) is 4.79 Å². The predicted molar refractivity (Wildman–Crippen MR) is 121 cm³/mol. The van der Waals surface area contributed by atoms with Crippen LogP contribution in [0.1, 0.15) is 36.5 Å². The van der Waals surface area contributed by atoms with Crippen LogP contribution in [0.5, 0.6) is 11.5 Å². The molecule has 0 aromatic heterocycles. The molecule has 32 heavy (non-hydrogen) atoms. The highest BCUT2D eigenvalue weighted by atomic mass is 16.6. The lowest BCUT2D eigenvalue weighted by Crippen LogP contribution is -2.27. The normalized spacial score (nSPS) is 11.1. The highest BCUT2D eigenvalue weighted by molar-refractivity contribution is 6.01. The molecule has 1 N–H and O–H groups in total. The molecule has 7 heteroatoms. The molecule has 0 saturated carbocycles. The largest absolute Gasteiger partial charge is 0.482 e. The monoisotopic (exact) mass is 436 g/mol. The van der Waals surface area contributed by atoms with Crippen LogP contribution in [0.25, 0.3) is 6.08 Å². The van der Waals surface area contributed by atoms with Crippen molar-refractivity contribution in [2.24, 2.45) is 0 Å². The van der Waals surface area contributed by atoms with E-state index in [1.165, 1.54) is 13.2 Å². The van der Waals surface area contributed by atoms with Gasteiger partial charge in [-0.15, -0.1) is 0 Å². The molecular weight excluding hydrogens is 408 g/mol. The van der Waals surface area contributed by atoms with Gasteiger partial charge in [0, 0.05) is 13.7 Å². The number of carbonyl (C=O) groups excluding carboxylic acids is 2. The zero-order chi connectivity index (χ0) is 23.5. The highest BCUT2D eigenvalue weighted by Crippen LogP contribution is 2.27. The number of ether oxygens (including phenoxy) is 3. The van der Waals surface area contributed by atoms with Gasteiger partial charge in [0.05, 0.1) is 6.61 Å². The second-order valence-electron chi connectivity index (χ2n) is 7.45. The van der Waals surface area contributed by atoms with Gasteiger partial charge >= 0.3 is 5.97 Å². The predicted octanol–water partition coefficient (Wildman–Crippen LogP) is 3.77. The van der Waals surface area contributed by atoms with Gasteiger partial charge in [-0.05, 0) is 53.8 Å². The minimum atomic E-state index is -0.528. The molecular formula is C25H28N2O5. The molecule has 0 aliphatic heterocycles. The lowest BCUT2D eigenvalue weighted by atomic mass is 10.0. The average molecular weight is 437 g/mol. The summed E-state index contributed by atoms with van der Waals surface area (Å²) in [6.45, 7) is 6.54. The maximum absolute atomic E-state index is 12.2. The summed E-state index contributed by atoms with van der Waals surface area (Å²) in [5.74, 6) is 0.272. The summed E-state index contributed by atoms with van der Waals surface area (Å²) in [5.41, 5.74) is 2.67. The summed E-state index contributed by atoms with van der Waals surface area (Å²) in [7, 11) is 1.53. The third-order valence-corrected chi connectivity index (χ3v) is 4.52. The van der Waals surface area contributed by atoms with E-state index in [1.54, 1.807) is 24.3 Å². The number of esters is 1. The Kier molecular flexibility index (Phi) is 9.45. The molecule has 0 atom stereocenters. The van der Waals surface area contributed by atoms with Crippen LogP contribution in [0, 0.1) is 18.3 Å². The Hall–Kier alpha value is -3.63. The Morgan fingerprint density at radius 1 is 1.16 bits per heavy atom. The van der Waals surface area contributed by atoms with Crippen LogP contribution in [0.4, 0.5) is 0 Å². The van der Waals surface area contributed by atoms with E-state index in [0.717, 1.165) is 11.1 Å². The molecule has 0 aliphatic rings. The van der Waals surface area contributed by atoms with Crippen LogP contribution in [0.15, 0.2) is 48.0 Å². The van der Waals surface area contributed by atoms with Gasteiger partial charge < -0.3 is 19.5 Å². The van der Waals surface area contributed by atoms with Crippen molar-refractivity contribution in [3.63, 3.8) is 0 Å². The van der Waals surface area contributed by atoms with Crippen molar-refractivity contribution in [3.05, 3.63) is 64.7 Å². The van der Waals surface area contributed by atoms with Crippen molar-refractivity contribution in [1.29, 1.82) is 5.26 Å². The average Bonchev–Trinajstić information content (AvgIpc) is 2.77. The van der Waals surface area contributed by atoms with Crippen LogP contribution in [-0.2, 0) is 14.3 Å². The Bertz CT molecular complexity index is 1000. The lowest BCUT2D eigenvalue weighted by molar-refractivity contribution is -0.136. The Morgan fingerprint density at radius 2 is 1.88 bits per heavy atom. The molecule has 0 unspecified atom stereocenters. The van der Waals surface area contributed by atoms with E-state index in [0.29, 0.717) is 30.2 Å². The first-order valence-electron chi connectivity index (χ1n) is 10.3. The Morgan fingerprint density at radius 3 is 2.50 bits per heavy atom. The number of carbonyl (C=O) groups is 2. The summed E-state index contributed by atoms with van der Waals surface area (Å²) in [4.78, 5) is 24.2. The fourth-order valence-corrected chi connectivity index (χ4v) is 2.85. The number of benzene rings is 2. The number of rotatable bonds is 10. The minimum absolute atomic E-state index is 0.0293. The standard InChI is InChI=1S/C25H28N2O5/c1-17(2)22-10-5-18(3)13-23(22)31-16-24(28)32-21-8-6-19(7-9-21)14-20(15-26)25(29)27-11-12-30-4/h5-10,13-14,17H,11-12,16H2,1-4H3,(H,27,29)/b20-14+. The SMILES string of the molecule is COCCNC(=O)/C(C#N)=C/c1ccc(OC(=O)COc2cc(C)ccc2C(C)C)cc1. The zero-order valence-corrected chi connectivity index (χ0v) is 18.8. The molecule has 2 aromatic rings. The molecule has 0 fully saturated rings. The third-order valence-electron chi connectivity index (χ3n) is 4.52. The fourth-order valence-electron chi connectivity index (χ4n) is 2.85. The van der Waals surface area contributed by atoms with Crippen molar-refractivity contribution in [1.82, 2.24) is 5.32 Å². The molecule has 7 nitrogen and oxygen atoms in total. The number of nitrogens with one attached hydrogen (secondary N) is 1. The first kappa shape index (κ1) is 24.6. The molecule has 0 aliphatic carbocycles. The molecule has 0 heterocycles. The van der Waals surface area contributed by atoms with Gasteiger partial charge in [0.2, 0.25) is 0 Å². The quantitative estimate of drug-likeness (QED) is 0.200. The van der Waals surface area contributed by atoms with Crippen LogP contribution in [-0.4, -0.2) is 38.7 Å². The lowest BCUT2D eigenvalue weighted by Gasteiger charge is -2.14. The van der Waals surface area contributed by atoms with E-state index in [2.05, 4.69) is 19.2 Å². The first-order chi connectivity index (χ1) is 15.3. The number of hydrogen-bond donors (Lipinski definition) is 1. The van der Waals surface area contributed by atoms with E-state index < -0.39 is 11.9 Å². The molecule has 0 spiro atoms. The van der Waals surface area contributed by atoms with Gasteiger partial charge in [-0.25, -0.2) is 4.79 Å². The zero-order valence-electron chi connectivity index (χ0n) is 18.8. The van der Waals surface area contributed by atoms with Gasteiger partial charge in [0.25, 0.3) is 5.91 Å². The second kappa shape index (κ2) is 12.3. The molecule has 0 saturated heterocycles. The fraction of sp³-hybridized carbons (Fsp3) is 0.320. The molecule has 0 radical (unpaired) electrons. The molecule has 0 bridgehead atoms. The topological polar surface area (TPSA) is 97.6 Å². The Balaban J connectivity index is 1.96.